The Morgan fingerprint density at radius 1 is 1.38 bits per heavy atom. The number of hydrogen-bond acceptors (Lipinski definition) is 1. The quantitative estimate of drug-likeness (QED) is 0.507. The zero-order valence-corrected chi connectivity index (χ0v) is 7.05. The second kappa shape index (κ2) is 3.94. The molecule has 0 spiro atoms. The van der Waals surface area contributed by atoms with Gasteiger partial charge in [-0.25, -0.2) is 8.78 Å². The largest absolute Gasteiger partial charge is 0.289 e. The minimum absolute atomic E-state index is 0.238. The van der Waals surface area contributed by atoms with Crippen LogP contribution in [0.4, 0.5) is 8.78 Å². The SMILES string of the molecule is C/C=C/C(=O)c1cc(F)ccc1F. The molecule has 0 radical (unpaired) electrons. The lowest BCUT2D eigenvalue weighted by Crippen LogP contribution is -1.99. The molecule has 1 aromatic carbocycles. The van der Waals surface area contributed by atoms with Crippen LogP contribution in [0.3, 0.4) is 0 Å². The number of halogens is 2. The highest BCUT2D eigenvalue weighted by Gasteiger charge is 2.09. The Morgan fingerprint density at radius 3 is 2.69 bits per heavy atom. The fraction of sp³-hybridized carbons (Fsp3) is 0.100. The molecule has 0 aliphatic heterocycles. The third-order valence-corrected chi connectivity index (χ3v) is 1.51. The van der Waals surface area contributed by atoms with E-state index in [-0.39, 0.29) is 5.56 Å². The predicted molar refractivity (Wildman–Crippen MR) is 45.5 cm³/mol. The highest BCUT2D eigenvalue weighted by atomic mass is 19.1. The van der Waals surface area contributed by atoms with E-state index >= 15 is 0 Å². The van der Waals surface area contributed by atoms with E-state index in [1.807, 2.05) is 0 Å². The van der Waals surface area contributed by atoms with Gasteiger partial charge in [0.15, 0.2) is 5.78 Å². The average molecular weight is 182 g/mol. The molecule has 1 aromatic rings. The molecule has 3 heteroatoms. The van der Waals surface area contributed by atoms with E-state index < -0.39 is 17.4 Å². The van der Waals surface area contributed by atoms with Crippen LogP contribution in [-0.4, -0.2) is 5.78 Å². The molecule has 0 aliphatic rings. The predicted octanol–water partition coefficient (Wildman–Crippen LogP) is 2.72. The van der Waals surface area contributed by atoms with Crippen molar-refractivity contribution in [3.63, 3.8) is 0 Å². The summed E-state index contributed by atoms with van der Waals surface area (Å²) in [6.07, 6.45) is 2.67. The van der Waals surface area contributed by atoms with Crippen molar-refractivity contribution in [3.05, 3.63) is 47.5 Å². The lowest BCUT2D eigenvalue weighted by molar-refractivity contribution is 0.104. The van der Waals surface area contributed by atoms with Gasteiger partial charge in [-0.05, 0) is 31.2 Å². The summed E-state index contributed by atoms with van der Waals surface area (Å²) in [7, 11) is 0. The second-order valence-corrected chi connectivity index (χ2v) is 2.49. The van der Waals surface area contributed by atoms with E-state index in [1.165, 1.54) is 12.2 Å². The number of ketones is 1. The zero-order chi connectivity index (χ0) is 9.84. The molecule has 0 atom stereocenters. The summed E-state index contributed by atoms with van der Waals surface area (Å²) in [6.45, 7) is 1.63. The Bertz CT molecular complexity index is 356. The van der Waals surface area contributed by atoms with E-state index in [0.717, 1.165) is 18.2 Å². The summed E-state index contributed by atoms with van der Waals surface area (Å²) in [5.41, 5.74) is -0.238. The first-order chi connectivity index (χ1) is 6.15. The first-order valence-electron chi connectivity index (χ1n) is 3.77. The van der Waals surface area contributed by atoms with Crippen LogP contribution in [0, 0.1) is 11.6 Å². The molecule has 13 heavy (non-hydrogen) atoms. The molecule has 1 nitrogen and oxygen atoms in total. The van der Waals surface area contributed by atoms with Crippen LogP contribution in [0.15, 0.2) is 30.4 Å². The lowest BCUT2D eigenvalue weighted by Gasteiger charge is -1.97. The Balaban J connectivity index is 3.13. The van der Waals surface area contributed by atoms with E-state index in [0.29, 0.717) is 0 Å². The van der Waals surface area contributed by atoms with Gasteiger partial charge >= 0.3 is 0 Å². The van der Waals surface area contributed by atoms with E-state index in [2.05, 4.69) is 0 Å². The fourth-order valence-corrected chi connectivity index (χ4v) is 0.927. The van der Waals surface area contributed by atoms with Crippen LogP contribution in [0.1, 0.15) is 17.3 Å². The minimum Gasteiger partial charge on any atom is -0.289 e. The molecule has 0 heterocycles. The second-order valence-electron chi connectivity index (χ2n) is 2.49. The molecular weight excluding hydrogens is 174 g/mol. The van der Waals surface area contributed by atoms with Crippen LogP contribution < -0.4 is 0 Å². The summed E-state index contributed by atoms with van der Waals surface area (Å²) >= 11 is 0. The summed E-state index contributed by atoms with van der Waals surface area (Å²) in [5, 5.41) is 0. The maximum absolute atomic E-state index is 12.9. The molecule has 0 unspecified atom stereocenters. The number of carbonyl (C=O) groups excluding carboxylic acids is 1. The van der Waals surface area contributed by atoms with Crippen molar-refractivity contribution in [3.8, 4) is 0 Å². The van der Waals surface area contributed by atoms with Gasteiger partial charge in [0, 0.05) is 0 Å². The Morgan fingerprint density at radius 2 is 2.08 bits per heavy atom. The Kier molecular flexibility index (Phi) is 2.90. The van der Waals surface area contributed by atoms with E-state index in [4.69, 9.17) is 0 Å². The van der Waals surface area contributed by atoms with Gasteiger partial charge in [0.2, 0.25) is 0 Å². The van der Waals surface area contributed by atoms with Gasteiger partial charge in [-0.2, -0.15) is 0 Å². The van der Waals surface area contributed by atoms with Gasteiger partial charge < -0.3 is 0 Å². The topological polar surface area (TPSA) is 17.1 Å². The van der Waals surface area contributed by atoms with Crippen LogP contribution >= 0.6 is 0 Å². The maximum Gasteiger partial charge on any atom is 0.188 e. The standard InChI is InChI=1S/C10H8F2O/c1-2-3-10(13)8-6-7(11)4-5-9(8)12/h2-6H,1H3/b3-2+. The maximum atomic E-state index is 12.9. The van der Waals surface area contributed by atoms with Crippen LogP contribution in [0.2, 0.25) is 0 Å². The van der Waals surface area contributed by atoms with Gasteiger partial charge in [-0.15, -0.1) is 0 Å². The molecule has 0 saturated heterocycles. The van der Waals surface area contributed by atoms with Crippen molar-refractivity contribution in [2.75, 3.05) is 0 Å². The van der Waals surface area contributed by atoms with Crippen molar-refractivity contribution in [2.45, 2.75) is 6.92 Å². The van der Waals surface area contributed by atoms with E-state index in [9.17, 15) is 13.6 Å². The van der Waals surface area contributed by atoms with Crippen molar-refractivity contribution >= 4 is 5.78 Å². The first-order valence-corrected chi connectivity index (χ1v) is 3.77. The highest BCUT2D eigenvalue weighted by molar-refractivity contribution is 6.04. The smallest absolute Gasteiger partial charge is 0.188 e. The first kappa shape index (κ1) is 9.58. The molecule has 0 N–H and O–H groups in total. The van der Waals surface area contributed by atoms with Gasteiger partial charge in [-0.3, -0.25) is 4.79 Å². The third-order valence-electron chi connectivity index (χ3n) is 1.51. The zero-order valence-electron chi connectivity index (χ0n) is 7.05. The number of rotatable bonds is 2. The number of allylic oxidation sites excluding steroid dienone is 2. The molecule has 0 aromatic heterocycles. The highest BCUT2D eigenvalue weighted by Crippen LogP contribution is 2.10. The van der Waals surface area contributed by atoms with Gasteiger partial charge in [0.1, 0.15) is 11.6 Å². The van der Waals surface area contributed by atoms with E-state index in [1.54, 1.807) is 6.92 Å². The molecule has 0 fully saturated rings. The third kappa shape index (κ3) is 2.21. The molecule has 68 valence electrons. The van der Waals surface area contributed by atoms with Crippen molar-refractivity contribution in [1.29, 1.82) is 0 Å². The monoisotopic (exact) mass is 182 g/mol. The van der Waals surface area contributed by atoms with Crippen molar-refractivity contribution < 1.29 is 13.6 Å². The van der Waals surface area contributed by atoms with Crippen molar-refractivity contribution in [1.82, 2.24) is 0 Å². The minimum atomic E-state index is -0.704. The van der Waals surface area contributed by atoms with Gasteiger partial charge in [0.25, 0.3) is 0 Å². The van der Waals surface area contributed by atoms with Gasteiger partial charge in [-0.1, -0.05) is 6.08 Å². The van der Waals surface area contributed by atoms with Gasteiger partial charge in [0.05, 0.1) is 5.56 Å². The summed E-state index contributed by atoms with van der Waals surface area (Å²) in [5.74, 6) is -1.85. The molecule has 0 amide bonds. The number of benzene rings is 1. The summed E-state index contributed by atoms with van der Waals surface area (Å²) < 4.78 is 25.5. The molecule has 0 saturated carbocycles. The summed E-state index contributed by atoms with van der Waals surface area (Å²) in [6, 6.07) is 2.80. The number of carbonyl (C=O) groups is 1. The van der Waals surface area contributed by atoms with Crippen LogP contribution in [-0.2, 0) is 0 Å². The van der Waals surface area contributed by atoms with Crippen LogP contribution in [0.25, 0.3) is 0 Å². The van der Waals surface area contributed by atoms with Crippen LogP contribution in [0.5, 0.6) is 0 Å². The molecule has 1 rings (SSSR count). The molecule has 0 aliphatic carbocycles. The Labute approximate surface area is 74.7 Å². The average Bonchev–Trinajstić information content (AvgIpc) is 2.09. The molecule has 0 bridgehead atoms. The summed E-state index contributed by atoms with van der Waals surface area (Å²) in [4.78, 5) is 11.1. The Hall–Kier alpha value is -1.51. The molecular formula is C10H8F2O. The van der Waals surface area contributed by atoms with Crippen molar-refractivity contribution in [2.24, 2.45) is 0 Å². The normalized spacial score (nSPS) is 10.7. The number of hydrogen-bond donors (Lipinski definition) is 0. The fourth-order valence-electron chi connectivity index (χ4n) is 0.927. The lowest BCUT2D eigenvalue weighted by atomic mass is 10.1.